The molecule has 2 heterocycles. The van der Waals surface area contributed by atoms with Crippen molar-refractivity contribution in [3.8, 4) is 0 Å². The Morgan fingerprint density at radius 3 is 2.81 bits per heavy atom. The van der Waals surface area contributed by atoms with Crippen LogP contribution in [0.2, 0.25) is 0 Å². The molecule has 0 spiro atoms. The van der Waals surface area contributed by atoms with Crippen molar-refractivity contribution in [2.45, 2.75) is 39.2 Å². The zero-order valence-electron chi connectivity index (χ0n) is 12.6. The summed E-state index contributed by atoms with van der Waals surface area (Å²) in [6, 6.07) is 4.14. The third-order valence-corrected chi connectivity index (χ3v) is 5.18. The lowest BCUT2D eigenvalue weighted by Crippen LogP contribution is -2.42. The van der Waals surface area contributed by atoms with Crippen LogP contribution in [0, 0.1) is 6.92 Å². The number of urea groups is 1. The highest BCUT2D eigenvalue weighted by atomic mass is 32.1. The van der Waals surface area contributed by atoms with Gasteiger partial charge in [-0.1, -0.05) is 13.0 Å². The SMILES string of the molecule is Cc1csc([C@@H](C)CNC(=O)N[C@@H](C)Cc2cccs2)n1. The van der Waals surface area contributed by atoms with Crippen molar-refractivity contribution < 1.29 is 4.79 Å². The minimum atomic E-state index is -0.112. The number of thiophene rings is 1. The number of hydrogen-bond acceptors (Lipinski definition) is 4. The van der Waals surface area contributed by atoms with E-state index in [1.54, 1.807) is 22.7 Å². The summed E-state index contributed by atoms with van der Waals surface area (Å²) in [5.41, 5.74) is 1.04. The number of aryl methyl sites for hydroxylation is 1. The molecule has 6 heteroatoms. The summed E-state index contributed by atoms with van der Waals surface area (Å²) < 4.78 is 0. The minimum absolute atomic E-state index is 0.112. The van der Waals surface area contributed by atoms with Gasteiger partial charge in [0.1, 0.15) is 0 Å². The number of aromatic nitrogens is 1. The van der Waals surface area contributed by atoms with Crippen LogP contribution in [0.3, 0.4) is 0 Å². The normalized spacial score (nSPS) is 13.7. The van der Waals surface area contributed by atoms with Crippen LogP contribution in [-0.2, 0) is 6.42 Å². The predicted octanol–water partition coefficient (Wildman–Crippen LogP) is 3.55. The molecule has 0 saturated heterocycles. The molecule has 21 heavy (non-hydrogen) atoms. The van der Waals surface area contributed by atoms with Gasteiger partial charge in [0.05, 0.1) is 5.01 Å². The average Bonchev–Trinajstić information content (AvgIpc) is 3.07. The largest absolute Gasteiger partial charge is 0.337 e. The molecule has 4 nitrogen and oxygen atoms in total. The molecular formula is C15H21N3OS2. The van der Waals surface area contributed by atoms with Crippen LogP contribution in [0.25, 0.3) is 0 Å². The van der Waals surface area contributed by atoms with E-state index in [1.165, 1.54) is 4.88 Å². The number of thiazole rings is 1. The summed E-state index contributed by atoms with van der Waals surface area (Å²) in [4.78, 5) is 17.6. The van der Waals surface area contributed by atoms with Gasteiger partial charge >= 0.3 is 6.03 Å². The first kappa shape index (κ1) is 16.0. The van der Waals surface area contributed by atoms with E-state index in [4.69, 9.17) is 0 Å². The van der Waals surface area contributed by atoms with Gasteiger partial charge in [-0.2, -0.15) is 0 Å². The van der Waals surface area contributed by atoms with Crippen LogP contribution >= 0.6 is 22.7 Å². The van der Waals surface area contributed by atoms with Crippen molar-refractivity contribution in [3.63, 3.8) is 0 Å². The monoisotopic (exact) mass is 323 g/mol. The highest BCUT2D eigenvalue weighted by Gasteiger charge is 2.12. The standard InChI is InChI=1S/C15H21N3OS2/c1-10(14-17-12(3)9-21-14)8-16-15(19)18-11(2)7-13-5-4-6-20-13/h4-6,9-11H,7-8H2,1-3H3,(H2,16,18,19)/t10-,11-/m0/s1. The Kier molecular flexibility index (Phi) is 5.76. The molecule has 2 amide bonds. The van der Waals surface area contributed by atoms with E-state index in [2.05, 4.69) is 34.0 Å². The zero-order valence-corrected chi connectivity index (χ0v) is 14.2. The maximum atomic E-state index is 11.9. The van der Waals surface area contributed by atoms with Gasteiger partial charge < -0.3 is 10.6 Å². The number of carbonyl (C=O) groups is 1. The summed E-state index contributed by atoms with van der Waals surface area (Å²) in [7, 11) is 0. The van der Waals surface area contributed by atoms with Crippen molar-refractivity contribution in [3.05, 3.63) is 38.5 Å². The fraction of sp³-hybridized carbons (Fsp3) is 0.467. The number of nitrogens with one attached hydrogen (secondary N) is 2. The Hall–Kier alpha value is -1.40. The van der Waals surface area contributed by atoms with Crippen LogP contribution in [0.5, 0.6) is 0 Å². The first-order valence-electron chi connectivity index (χ1n) is 7.03. The van der Waals surface area contributed by atoms with Crippen LogP contribution in [-0.4, -0.2) is 23.6 Å². The molecule has 0 aromatic carbocycles. The smallest absolute Gasteiger partial charge is 0.315 e. The molecule has 0 bridgehead atoms. The molecule has 2 rings (SSSR count). The predicted molar refractivity (Wildman–Crippen MR) is 89.3 cm³/mol. The Morgan fingerprint density at radius 1 is 1.38 bits per heavy atom. The molecule has 2 aromatic heterocycles. The van der Waals surface area contributed by atoms with Gasteiger partial charge in [0.2, 0.25) is 0 Å². The lowest BCUT2D eigenvalue weighted by Gasteiger charge is -2.15. The van der Waals surface area contributed by atoms with Gasteiger partial charge in [0.15, 0.2) is 0 Å². The molecule has 0 saturated carbocycles. The molecule has 0 fully saturated rings. The van der Waals surface area contributed by atoms with Gasteiger partial charge in [-0.25, -0.2) is 9.78 Å². The molecule has 0 aliphatic rings. The average molecular weight is 323 g/mol. The van der Waals surface area contributed by atoms with Crippen molar-refractivity contribution >= 4 is 28.7 Å². The van der Waals surface area contributed by atoms with E-state index in [0.29, 0.717) is 6.54 Å². The van der Waals surface area contributed by atoms with Gasteiger partial charge in [-0.3, -0.25) is 0 Å². The molecule has 2 N–H and O–H groups in total. The van der Waals surface area contributed by atoms with Gasteiger partial charge in [-0.05, 0) is 25.3 Å². The fourth-order valence-corrected chi connectivity index (χ4v) is 3.68. The van der Waals surface area contributed by atoms with E-state index in [1.807, 2.05) is 25.3 Å². The summed E-state index contributed by atoms with van der Waals surface area (Å²) in [5, 5.41) is 11.1. The molecule has 0 aliphatic heterocycles. The topological polar surface area (TPSA) is 54.0 Å². The Morgan fingerprint density at radius 2 is 2.19 bits per heavy atom. The van der Waals surface area contributed by atoms with Gasteiger partial charge in [0.25, 0.3) is 0 Å². The lowest BCUT2D eigenvalue weighted by atomic mass is 10.2. The first-order valence-corrected chi connectivity index (χ1v) is 8.79. The molecule has 2 aromatic rings. The van der Waals surface area contributed by atoms with E-state index in [0.717, 1.165) is 17.1 Å². The zero-order chi connectivity index (χ0) is 15.2. The highest BCUT2D eigenvalue weighted by molar-refractivity contribution is 7.10. The number of hydrogen-bond donors (Lipinski definition) is 2. The van der Waals surface area contributed by atoms with Crippen LogP contribution in [0.15, 0.2) is 22.9 Å². The second-order valence-electron chi connectivity index (χ2n) is 5.27. The van der Waals surface area contributed by atoms with Gasteiger partial charge in [-0.15, -0.1) is 22.7 Å². The highest BCUT2D eigenvalue weighted by Crippen LogP contribution is 2.18. The summed E-state index contributed by atoms with van der Waals surface area (Å²) in [6.07, 6.45) is 0.867. The third kappa shape index (κ3) is 5.13. The Balaban J connectivity index is 1.71. The van der Waals surface area contributed by atoms with Crippen LogP contribution < -0.4 is 10.6 Å². The summed E-state index contributed by atoms with van der Waals surface area (Å²) in [6.45, 7) is 6.68. The fourth-order valence-electron chi connectivity index (χ4n) is 1.99. The molecule has 0 radical (unpaired) electrons. The Bertz CT molecular complexity index is 565. The lowest BCUT2D eigenvalue weighted by molar-refractivity contribution is 0.237. The van der Waals surface area contributed by atoms with Crippen LogP contribution in [0.4, 0.5) is 4.79 Å². The van der Waals surface area contributed by atoms with E-state index in [9.17, 15) is 4.79 Å². The molecule has 2 atom stereocenters. The van der Waals surface area contributed by atoms with E-state index >= 15 is 0 Å². The maximum Gasteiger partial charge on any atom is 0.315 e. The second kappa shape index (κ2) is 7.56. The molecule has 114 valence electrons. The number of carbonyl (C=O) groups excluding carboxylic acids is 1. The van der Waals surface area contributed by atoms with Crippen molar-refractivity contribution in [1.82, 2.24) is 15.6 Å². The third-order valence-electron chi connectivity index (χ3n) is 3.09. The summed E-state index contributed by atoms with van der Waals surface area (Å²) >= 11 is 3.36. The number of nitrogens with zero attached hydrogens (tertiary/aromatic N) is 1. The molecule has 0 unspecified atom stereocenters. The number of rotatable bonds is 6. The second-order valence-corrected chi connectivity index (χ2v) is 7.19. The summed E-state index contributed by atoms with van der Waals surface area (Å²) in [5.74, 6) is 0.238. The molecule has 0 aliphatic carbocycles. The molecular weight excluding hydrogens is 302 g/mol. The first-order chi connectivity index (χ1) is 10.0. The quantitative estimate of drug-likeness (QED) is 0.854. The Labute approximate surface area is 133 Å². The van der Waals surface area contributed by atoms with Crippen molar-refractivity contribution in [2.24, 2.45) is 0 Å². The van der Waals surface area contributed by atoms with E-state index < -0.39 is 0 Å². The van der Waals surface area contributed by atoms with Gasteiger partial charge in [0, 0.05) is 40.9 Å². The van der Waals surface area contributed by atoms with Crippen molar-refractivity contribution in [2.75, 3.05) is 6.54 Å². The van der Waals surface area contributed by atoms with Crippen LogP contribution in [0.1, 0.15) is 35.3 Å². The maximum absolute atomic E-state index is 11.9. The van der Waals surface area contributed by atoms with Crippen molar-refractivity contribution in [1.29, 1.82) is 0 Å². The minimum Gasteiger partial charge on any atom is -0.337 e. The van der Waals surface area contributed by atoms with E-state index in [-0.39, 0.29) is 18.0 Å². The number of amides is 2.